The number of hydrogen-bond donors (Lipinski definition) is 1. The maximum Gasteiger partial charge on any atom is 0.258 e. The van der Waals surface area contributed by atoms with Gasteiger partial charge >= 0.3 is 0 Å². The van der Waals surface area contributed by atoms with Gasteiger partial charge in [-0.1, -0.05) is 30.3 Å². The number of nitrogens with zero attached hydrogens (tertiary/aromatic N) is 1. The Labute approximate surface area is 123 Å². The number of rotatable bonds is 1. The van der Waals surface area contributed by atoms with Crippen LogP contribution in [0.1, 0.15) is 23.7 Å². The van der Waals surface area contributed by atoms with E-state index in [9.17, 15) is 9.59 Å². The zero-order chi connectivity index (χ0) is 14.8. The van der Waals surface area contributed by atoms with E-state index in [1.165, 1.54) is 0 Å². The molecule has 0 aromatic heterocycles. The average Bonchev–Trinajstić information content (AvgIpc) is 2.62. The monoisotopic (exact) mass is 280 g/mol. The van der Waals surface area contributed by atoms with E-state index in [1.807, 2.05) is 49.4 Å². The van der Waals surface area contributed by atoms with Crippen LogP contribution in [0.15, 0.2) is 54.6 Å². The van der Waals surface area contributed by atoms with E-state index < -0.39 is 0 Å². The van der Waals surface area contributed by atoms with Crippen molar-refractivity contribution in [3.05, 3.63) is 60.2 Å². The molecule has 1 heterocycles. The minimum atomic E-state index is -0.193. The molecule has 2 aromatic carbocycles. The number of fused-ring (bicyclic) bond motifs is 1. The molecular formula is C17H16N2O2. The third-order valence-electron chi connectivity index (χ3n) is 3.60. The predicted octanol–water partition coefficient (Wildman–Crippen LogP) is 3.06. The third-order valence-corrected chi connectivity index (χ3v) is 3.60. The summed E-state index contributed by atoms with van der Waals surface area (Å²) in [6.45, 7) is 1.89. The predicted molar refractivity (Wildman–Crippen MR) is 82.4 cm³/mol. The summed E-state index contributed by atoms with van der Waals surface area (Å²) in [6, 6.07) is 16.3. The summed E-state index contributed by atoms with van der Waals surface area (Å²) in [6.07, 6.45) is 0.285. The Bertz CT molecular complexity index is 682. The second-order valence-corrected chi connectivity index (χ2v) is 5.16. The SMILES string of the molecule is C[C@H]1CC(=O)Nc2ccccc2N1C(=O)c1ccccc1. The van der Waals surface area contributed by atoms with E-state index in [0.717, 1.165) is 5.69 Å². The highest BCUT2D eigenvalue weighted by Crippen LogP contribution is 2.32. The van der Waals surface area contributed by atoms with E-state index in [-0.39, 0.29) is 24.3 Å². The molecule has 0 saturated carbocycles. The first kappa shape index (κ1) is 13.4. The highest BCUT2D eigenvalue weighted by Gasteiger charge is 2.29. The van der Waals surface area contributed by atoms with Gasteiger partial charge in [-0.3, -0.25) is 9.59 Å². The zero-order valence-electron chi connectivity index (χ0n) is 11.7. The molecule has 21 heavy (non-hydrogen) atoms. The molecular weight excluding hydrogens is 264 g/mol. The molecule has 0 spiro atoms. The Morgan fingerprint density at radius 1 is 1.10 bits per heavy atom. The van der Waals surface area contributed by atoms with E-state index in [4.69, 9.17) is 0 Å². The molecule has 4 heteroatoms. The van der Waals surface area contributed by atoms with Gasteiger partial charge in [0.05, 0.1) is 11.4 Å². The van der Waals surface area contributed by atoms with Crippen molar-refractivity contribution in [2.24, 2.45) is 0 Å². The standard InChI is InChI=1S/C17H16N2O2/c1-12-11-16(20)18-14-9-5-6-10-15(14)19(12)17(21)13-7-3-2-4-8-13/h2-10,12H,11H2,1H3,(H,18,20)/t12-/m0/s1. The molecule has 2 aromatic rings. The lowest BCUT2D eigenvalue weighted by atomic mass is 10.1. The summed E-state index contributed by atoms with van der Waals surface area (Å²) < 4.78 is 0. The Hall–Kier alpha value is -2.62. The molecule has 0 aliphatic carbocycles. The van der Waals surface area contributed by atoms with E-state index in [2.05, 4.69) is 5.32 Å². The van der Waals surface area contributed by atoms with Crippen molar-refractivity contribution < 1.29 is 9.59 Å². The molecule has 0 unspecified atom stereocenters. The van der Waals surface area contributed by atoms with Gasteiger partial charge in [0, 0.05) is 18.0 Å². The molecule has 0 saturated heterocycles. The maximum atomic E-state index is 12.8. The number of anilines is 2. The second kappa shape index (κ2) is 5.40. The number of amides is 2. The molecule has 1 aliphatic heterocycles. The van der Waals surface area contributed by atoms with Gasteiger partial charge in [0.25, 0.3) is 5.91 Å². The van der Waals surface area contributed by atoms with Crippen molar-refractivity contribution in [2.75, 3.05) is 10.2 Å². The van der Waals surface area contributed by atoms with Crippen molar-refractivity contribution in [2.45, 2.75) is 19.4 Å². The van der Waals surface area contributed by atoms with Gasteiger partial charge in [-0.2, -0.15) is 0 Å². The van der Waals surface area contributed by atoms with Crippen molar-refractivity contribution in [3.8, 4) is 0 Å². The number of benzene rings is 2. The van der Waals surface area contributed by atoms with Gasteiger partial charge in [-0.25, -0.2) is 0 Å². The smallest absolute Gasteiger partial charge is 0.258 e. The first-order valence-corrected chi connectivity index (χ1v) is 6.94. The summed E-state index contributed by atoms with van der Waals surface area (Å²) in [5.74, 6) is -0.162. The molecule has 0 fully saturated rings. The van der Waals surface area contributed by atoms with Crippen LogP contribution in [0.3, 0.4) is 0 Å². The highest BCUT2D eigenvalue weighted by atomic mass is 16.2. The van der Waals surface area contributed by atoms with Crippen LogP contribution in [0.5, 0.6) is 0 Å². The molecule has 0 radical (unpaired) electrons. The van der Waals surface area contributed by atoms with E-state index in [0.29, 0.717) is 11.3 Å². The number of hydrogen-bond acceptors (Lipinski definition) is 2. The van der Waals surface area contributed by atoms with Gasteiger partial charge < -0.3 is 10.2 Å². The minimum Gasteiger partial charge on any atom is -0.324 e. The number of carbonyl (C=O) groups excluding carboxylic acids is 2. The highest BCUT2D eigenvalue weighted by molar-refractivity contribution is 6.11. The van der Waals surface area contributed by atoms with Gasteiger partial charge in [-0.05, 0) is 31.2 Å². The lowest BCUT2D eigenvalue weighted by molar-refractivity contribution is -0.116. The molecule has 1 N–H and O–H groups in total. The van der Waals surface area contributed by atoms with Crippen LogP contribution in [0, 0.1) is 0 Å². The first-order chi connectivity index (χ1) is 10.2. The van der Waals surface area contributed by atoms with E-state index >= 15 is 0 Å². The normalized spacial score (nSPS) is 17.7. The van der Waals surface area contributed by atoms with Crippen molar-refractivity contribution in [3.63, 3.8) is 0 Å². The van der Waals surface area contributed by atoms with Crippen LogP contribution in [0.2, 0.25) is 0 Å². The second-order valence-electron chi connectivity index (χ2n) is 5.16. The molecule has 106 valence electrons. The van der Waals surface area contributed by atoms with Gasteiger partial charge in [0.2, 0.25) is 5.91 Å². The van der Waals surface area contributed by atoms with Gasteiger partial charge in [0.15, 0.2) is 0 Å². The van der Waals surface area contributed by atoms with Crippen LogP contribution < -0.4 is 10.2 Å². The van der Waals surface area contributed by atoms with Crippen LogP contribution >= 0.6 is 0 Å². The number of nitrogens with one attached hydrogen (secondary N) is 1. The van der Waals surface area contributed by atoms with Crippen molar-refractivity contribution in [1.29, 1.82) is 0 Å². The van der Waals surface area contributed by atoms with E-state index in [1.54, 1.807) is 17.0 Å². The molecule has 2 amide bonds. The zero-order valence-corrected chi connectivity index (χ0v) is 11.7. The van der Waals surface area contributed by atoms with Crippen LogP contribution in [-0.4, -0.2) is 17.9 Å². The summed E-state index contributed by atoms with van der Waals surface area (Å²) in [4.78, 5) is 26.4. The summed E-state index contributed by atoms with van der Waals surface area (Å²) in [7, 11) is 0. The summed E-state index contributed by atoms with van der Waals surface area (Å²) in [5.41, 5.74) is 2.04. The molecule has 3 rings (SSSR count). The van der Waals surface area contributed by atoms with Gasteiger partial charge in [0.1, 0.15) is 0 Å². The van der Waals surface area contributed by atoms with Crippen LogP contribution in [0.25, 0.3) is 0 Å². The molecule has 1 aliphatic rings. The first-order valence-electron chi connectivity index (χ1n) is 6.94. The summed E-state index contributed by atoms with van der Waals surface area (Å²) in [5, 5.41) is 2.86. The Balaban J connectivity index is 2.07. The molecule has 4 nitrogen and oxygen atoms in total. The fourth-order valence-corrected chi connectivity index (χ4v) is 2.62. The Kier molecular flexibility index (Phi) is 3.44. The minimum absolute atomic E-state index is 0.0710. The molecule has 0 bridgehead atoms. The van der Waals surface area contributed by atoms with Crippen LogP contribution in [0.4, 0.5) is 11.4 Å². The fraction of sp³-hybridized carbons (Fsp3) is 0.176. The number of carbonyl (C=O) groups is 2. The lowest BCUT2D eigenvalue weighted by Crippen LogP contribution is -2.39. The van der Waals surface area contributed by atoms with Crippen molar-refractivity contribution >= 4 is 23.2 Å². The topological polar surface area (TPSA) is 49.4 Å². The quantitative estimate of drug-likeness (QED) is 0.872. The molecule has 1 atom stereocenters. The van der Waals surface area contributed by atoms with Gasteiger partial charge in [-0.15, -0.1) is 0 Å². The third kappa shape index (κ3) is 2.52. The van der Waals surface area contributed by atoms with Crippen molar-refractivity contribution in [1.82, 2.24) is 0 Å². The fourth-order valence-electron chi connectivity index (χ4n) is 2.62. The lowest BCUT2D eigenvalue weighted by Gasteiger charge is -2.27. The Morgan fingerprint density at radius 2 is 1.76 bits per heavy atom. The van der Waals surface area contributed by atoms with Crippen LogP contribution in [-0.2, 0) is 4.79 Å². The average molecular weight is 280 g/mol. The largest absolute Gasteiger partial charge is 0.324 e. The summed E-state index contributed by atoms with van der Waals surface area (Å²) >= 11 is 0. The number of para-hydroxylation sites is 2. The maximum absolute atomic E-state index is 12.8. The Morgan fingerprint density at radius 3 is 2.52 bits per heavy atom.